The summed E-state index contributed by atoms with van der Waals surface area (Å²) in [5.74, 6) is 5.99. The lowest BCUT2D eigenvalue weighted by Gasteiger charge is -2.34. The molecule has 6 rings (SSSR count). The highest BCUT2D eigenvalue weighted by molar-refractivity contribution is 5.91. The Hall–Kier alpha value is -3.59. The molecular formula is C26H28N4O9. The first kappa shape index (κ1) is 25.7. The molecular weight excluding hydrogens is 512 g/mol. The summed E-state index contributed by atoms with van der Waals surface area (Å²) < 4.78 is 18.0. The van der Waals surface area contributed by atoms with Crippen LogP contribution in [0.2, 0.25) is 0 Å². The maximum absolute atomic E-state index is 13.7. The number of carbonyl (C=O) groups is 1. The number of hydrogen-bond acceptors (Lipinski definition) is 12. The number of ether oxygens (including phenoxy) is 3. The van der Waals surface area contributed by atoms with E-state index >= 15 is 0 Å². The predicted octanol–water partition coefficient (Wildman–Crippen LogP) is -0.488. The van der Waals surface area contributed by atoms with E-state index in [-0.39, 0.29) is 44.0 Å². The number of aliphatic hydroxyl groups is 3. The van der Waals surface area contributed by atoms with Crippen molar-refractivity contribution in [3.63, 3.8) is 0 Å². The summed E-state index contributed by atoms with van der Waals surface area (Å²) in [6.07, 6.45) is 0.153. The molecule has 13 heteroatoms. The van der Waals surface area contributed by atoms with Crippen LogP contribution in [0, 0.1) is 0 Å². The maximum Gasteiger partial charge on any atom is 0.345 e. The monoisotopic (exact) mass is 540 g/mol. The van der Waals surface area contributed by atoms with Crippen LogP contribution < -0.4 is 26.2 Å². The molecule has 1 aromatic carbocycles. The highest BCUT2D eigenvalue weighted by atomic mass is 16.7. The summed E-state index contributed by atoms with van der Waals surface area (Å²) in [7, 11) is 0. The van der Waals surface area contributed by atoms with Crippen molar-refractivity contribution in [1.82, 2.24) is 14.9 Å². The second kappa shape index (κ2) is 9.26. The third-order valence-corrected chi connectivity index (χ3v) is 8.02. The Bertz CT molecular complexity index is 1550. The SMILES string of the molecule is CC[C@@]1(ON)C(=O)OCc2c1cc1n(c2=O)Cc2c-1nc1cc3c(cc1c2CNC(CO)(CO)CO)OCO3. The van der Waals surface area contributed by atoms with Gasteiger partial charge < -0.3 is 39.4 Å². The molecule has 1 atom stereocenters. The van der Waals surface area contributed by atoms with Crippen molar-refractivity contribution in [2.24, 2.45) is 5.90 Å². The van der Waals surface area contributed by atoms with Crippen LogP contribution in [-0.4, -0.2) is 63.0 Å². The highest BCUT2D eigenvalue weighted by Gasteiger charge is 2.48. The second-order valence-electron chi connectivity index (χ2n) is 9.94. The molecule has 0 amide bonds. The van der Waals surface area contributed by atoms with E-state index in [0.29, 0.717) is 39.4 Å². The molecule has 2 aromatic heterocycles. The first-order valence-corrected chi connectivity index (χ1v) is 12.5. The lowest BCUT2D eigenvalue weighted by atomic mass is 9.86. The van der Waals surface area contributed by atoms with Crippen molar-refractivity contribution >= 4 is 16.9 Å². The van der Waals surface area contributed by atoms with E-state index in [9.17, 15) is 24.9 Å². The summed E-state index contributed by atoms with van der Waals surface area (Å²) in [4.78, 5) is 36.5. The topological polar surface area (TPSA) is 188 Å². The van der Waals surface area contributed by atoms with Crippen LogP contribution in [0.5, 0.6) is 11.5 Å². The molecule has 6 N–H and O–H groups in total. The molecule has 3 aliphatic rings. The zero-order valence-corrected chi connectivity index (χ0v) is 21.2. The van der Waals surface area contributed by atoms with Crippen LogP contribution in [0.4, 0.5) is 0 Å². The summed E-state index contributed by atoms with van der Waals surface area (Å²) in [6.45, 7) is 0.369. The van der Waals surface area contributed by atoms with Gasteiger partial charge in [-0.25, -0.2) is 15.7 Å². The number of pyridine rings is 2. The quantitative estimate of drug-likeness (QED) is 0.143. The summed E-state index contributed by atoms with van der Waals surface area (Å²) in [5, 5.41) is 33.4. The van der Waals surface area contributed by atoms with E-state index in [1.165, 1.54) is 0 Å². The third-order valence-electron chi connectivity index (χ3n) is 8.02. The van der Waals surface area contributed by atoms with Crippen LogP contribution in [0.1, 0.15) is 35.6 Å². The molecule has 0 bridgehead atoms. The van der Waals surface area contributed by atoms with Gasteiger partial charge in [-0.1, -0.05) is 6.92 Å². The van der Waals surface area contributed by atoms with Gasteiger partial charge in [-0.15, -0.1) is 0 Å². The van der Waals surface area contributed by atoms with Crippen molar-refractivity contribution in [1.29, 1.82) is 0 Å². The number of nitrogens with two attached hydrogens (primary N) is 1. The Morgan fingerprint density at radius 2 is 1.82 bits per heavy atom. The molecule has 39 heavy (non-hydrogen) atoms. The van der Waals surface area contributed by atoms with Gasteiger partial charge in [0.05, 0.1) is 54.4 Å². The van der Waals surface area contributed by atoms with E-state index in [2.05, 4.69) is 5.32 Å². The average Bonchev–Trinajstić information content (AvgIpc) is 3.57. The van der Waals surface area contributed by atoms with Crippen molar-refractivity contribution in [3.8, 4) is 22.9 Å². The number of cyclic esters (lactones) is 1. The Kier molecular flexibility index (Phi) is 6.10. The Morgan fingerprint density at radius 3 is 2.49 bits per heavy atom. The molecule has 0 aliphatic carbocycles. The van der Waals surface area contributed by atoms with Gasteiger partial charge in [-0.05, 0) is 24.1 Å². The summed E-state index contributed by atoms with van der Waals surface area (Å²) >= 11 is 0. The molecule has 0 radical (unpaired) electrons. The minimum absolute atomic E-state index is 0.0697. The predicted molar refractivity (Wildman–Crippen MR) is 135 cm³/mol. The first-order valence-electron chi connectivity index (χ1n) is 12.5. The zero-order chi connectivity index (χ0) is 27.5. The number of carbonyl (C=O) groups excluding carboxylic acids is 1. The van der Waals surface area contributed by atoms with Crippen LogP contribution in [0.3, 0.4) is 0 Å². The average molecular weight is 541 g/mol. The third kappa shape index (κ3) is 3.58. The number of aromatic nitrogens is 2. The van der Waals surface area contributed by atoms with E-state index in [4.69, 9.17) is 29.9 Å². The number of aliphatic hydroxyl groups excluding tert-OH is 3. The fraction of sp³-hybridized carbons (Fsp3) is 0.423. The number of hydrogen-bond donors (Lipinski definition) is 5. The smallest absolute Gasteiger partial charge is 0.345 e. The van der Waals surface area contributed by atoms with Crippen LogP contribution in [0.15, 0.2) is 23.0 Å². The van der Waals surface area contributed by atoms with Gasteiger partial charge in [-0.3, -0.25) is 9.63 Å². The number of nitrogens with zero attached hydrogens (tertiary/aromatic N) is 2. The highest BCUT2D eigenvalue weighted by Crippen LogP contribution is 2.43. The first-order chi connectivity index (χ1) is 18.8. The van der Waals surface area contributed by atoms with Gasteiger partial charge in [0.2, 0.25) is 12.4 Å². The van der Waals surface area contributed by atoms with Gasteiger partial charge in [0, 0.05) is 29.1 Å². The van der Waals surface area contributed by atoms with Crippen LogP contribution in [-0.2, 0) is 39.7 Å². The van der Waals surface area contributed by atoms with Crippen molar-refractivity contribution in [2.45, 2.75) is 44.2 Å². The van der Waals surface area contributed by atoms with E-state index < -0.39 is 36.9 Å². The number of esters is 1. The van der Waals surface area contributed by atoms with Gasteiger partial charge in [0.25, 0.3) is 5.56 Å². The fourth-order valence-electron chi connectivity index (χ4n) is 5.53. The molecule has 0 saturated heterocycles. The van der Waals surface area contributed by atoms with Crippen LogP contribution >= 0.6 is 0 Å². The molecule has 5 heterocycles. The second-order valence-corrected chi connectivity index (χ2v) is 9.94. The van der Waals surface area contributed by atoms with Crippen LogP contribution in [0.25, 0.3) is 22.3 Å². The standard InChI is InChI=1S/C26H28N4O9/c1-2-26(39-27)17-4-19-22-15(7-30(19)23(34)16(17)8-36-24(26)35)14(6-28-25(9-31,10-32)11-33)13-3-20-21(38-12-37-20)5-18(13)29-22/h3-5,28,31-33H,2,6-12,27H2,1H3/t26-/m0/s1. The zero-order valence-electron chi connectivity index (χ0n) is 21.2. The van der Waals surface area contributed by atoms with Crippen molar-refractivity contribution in [2.75, 3.05) is 26.6 Å². The molecule has 0 unspecified atom stereocenters. The normalized spacial score (nSPS) is 19.2. The Balaban J connectivity index is 1.58. The number of benzene rings is 1. The molecule has 3 aromatic rings. The molecule has 0 spiro atoms. The van der Waals surface area contributed by atoms with E-state index in [1.54, 1.807) is 29.7 Å². The minimum Gasteiger partial charge on any atom is -0.458 e. The van der Waals surface area contributed by atoms with Crippen molar-refractivity contribution in [3.05, 3.63) is 50.8 Å². The van der Waals surface area contributed by atoms with E-state index in [1.807, 2.05) is 0 Å². The summed E-state index contributed by atoms with van der Waals surface area (Å²) in [5.41, 5.74) is 0.333. The molecule has 0 saturated carbocycles. The maximum atomic E-state index is 13.7. The largest absolute Gasteiger partial charge is 0.458 e. The molecule has 3 aliphatic heterocycles. The Morgan fingerprint density at radius 1 is 1.10 bits per heavy atom. The minimum atomic E-state index is -1.62. The van der Waals surface area contributed by atoms with Crippen molar-refractivity contribution < 1.29 is 39.2 Å². The lowest BCUT2D eigenvalue weighted by molar-refractivity contribution is -0.182. The molecule has 0 fully saturated rings. The number of rotatable bonds is 8. The summed E-state index contributed by atoms with van der Waals surface area (Å²) in [6, 6.07) is 5.25. The van der Waals surface area contributed by atoms with Gasteiger partial charge >= 0.3 is 5.97 Å². The molecule has 206 valence electrons. The molecule has 13 nitrogen and oxygen atoms in total. The fourth-order valence-corrected chi connectivity index (χ4v) is 5.53. The number of nitrogens with one attached hydrogen (secondary N) is 1. The number of fused-ring (bicyclic) bond motifs is 6. The Labute approximate surface area is 221 Å². The van der Waals surface area contributed by atoms with Gasteiger partial charge in [-0.2, -0.15) is 0 Å². The van der Waals surface area contributed by atoms with E-state index in [0.717, 1.165) is 11.1 Å². The van der Waals surface area contributed by atoms with Gasteiger partial charge in [0.15, 0.2) is 11.5 Å². The van der Waals surface area contributed by atoms with Gasteiger partial charge in [0.1, 0.15) is 6.61 Å². The lowest BCUT2D eigenvalue weighted by Crippen LogP contribution is -2.54.